The van der Waals surface area contributed by atoms with Gasteiger partial charge >= 0.3 is 5.97 Å². The molecule has 0 fully saturated rings. The Kier molecular flexibility index (Phi) is 12.2. The Morgan fingerprint density at radius 3 is 2.35 bits per heavy atom. The number of nitrogens with zero attached hydrogens (tertiary/aromatic N) is 1. The van der Waals surface area contributed by atoms with Crippen molar-refractivity contribution < 1.29 is 23.5 Å². The lowest BCUT2D eigenvalue weighted by Crippen LogP contribution is -2.32. The number of rotatable bonds is 9. The average molecular weight is 592 g/mol. The maximum Gasteiger partial charge on any atom is 0.305 e. The van der Waals surface area contributed by atoms with Gasteiger partial charge < -0.3 is 20.3 Å². The predicted molar refractivity (Wildman–Crippen MR) is 152 cm³/mol. The lowest BCUT2D eigenvalue weighted by molar-refractivity contribution is -0.137. The summed E-state index contributed by atoms with van der Waals surface area (Å²) in [5.74, 6) is -3.31. The number of hydrogen-bond donors (Lipinski definition) is 3. The largest absolute Gasteiger partial charge is 0.481 e. The number of aromatic nitrogens is 1. The van der Waals surface area contributed by atoms with Crippen LogP contribution in [0, 0.1) is 30.0 Å². The number of halogens is 4. The van der Waals surface area contributed by atoms with Crippen LogP contribution in [0.5, 0.6) is 0 Å². The summed E-state index contributed by atoms with van der Waals surface area (Å²) < 4.78 is 29.6. The topological polar surface area (TPSA) is 100 Å². The highest BCUT2D eigenvalue weighted by molar-refractivity contribution is 6.39. The molecule has 0 radical (unpaired) electrons. The molecule has 0 spiro atoms. The van der Waals surface area contributed by atoms with E-state index in [1.807, 2.05) is 6.04 Å². The van der Waals surface area contributed by atoms with Crippen molar-refractivity contribution in [3.05, 3.63) is 91.8 Å². The molecule has 3 rings (SSSR count). The second kappa shape index (κ2) is 15.1. The van der Waals surface area contributed by atoms with Crippen molar-refractivity contribution in [2.75, 3.05) is 6.54 Å². The molecule has 0 saturated carbocycles. The number of amides is 1. The van der Waals surface area contributed by atoms with E-state index in [-0.39, 0.29) is 38.2 Å². The van der Waals surface area contributed by atoms with Crippen molar-refractivity contribution in [3.8, 4) is 23.6 Å². The Labute approximate surface area is 241 Å². The summed E-state index contributed by atoms with van der Waals surface area (Å²) in [5.41, 5.74) is 0.254. The highest BCUT2D eigenvalue weighted by Gasteiger charge is 2.23. The normalized spacial score (nSPS) is 11.2. The van der Waals surface area contributed by atoms with Crippen LogP contribution in [0.1, 0.15) is 48.7 Å². The number of aliphatic carboxylic acids is 1. The molecular formula is C29H29Cl2F2N3O4. The molecule has 3 aromatic rings. The maximum absolute atomic E-state index is 14.2. The van der Waals surface area contributed by atoms with E-state index in [4.69, 9.17) is 34.7 Å². The van der Waals surface area contributed by atoms with Crippen molar-refractivity contribution >= 4 is 35.1 Å². The summed E-state index contributed by atoms with van der Waals surface area (Å²) >= 11 is 12.2. The number of terminal acetylenes is 1. The number of hydrogen-bond acceptors (Lipinski definition) is 4. The number of carbonyl (C=O) groups excluding carboxylic acids is 1. The van der Waals surface area contributed by atoms with E-state index in [1.165, 1.54) is 10.6 Å². The molecule has 0 saturated heterocycles. The van der Waals surface area contributed by atoms with Gasteiger partial charge in [0.1, 0.15) is 5.56 Å². The van der Waals surface area contributed by atoms with Crippen LogP contribution in [0.2, 0.25) is 10.0 Å². The van der Waals surface area contributed by atoms with Crippen LogP contribution in [0.3, 0.4) is 0 Å². The first-order valence-corrected chi connectivity index (χ1v) is 12.9. The van der Waals surface area contributed by atoms with Gasteiger partial charge in [-0.15, -0.1) is 0 Å². The molecule has 1 aromatic heterocycles. The molecule has 0 aliphatic rings. The molecule has 11 heteroatoms. The molecule has 0 bridgehead atoms. The monoisotopic (exact) mass is 591 g/mol. The molecule has 40 heavy (non-hydrogen) atoms. The van der Waals surface area contributed by atoms with Crippen molar-refractivity contribution in [3.63, 3.8) is 0 Å². The van der Waals surface area contributed by atoms with E-state index in [0.717, 1.165) is 12.5 Å². The third-order valence-corrected chi connectivity index (χ3v) is 6.32. The van der Waals surface area contributed by atoms with Gasteiger partial charge in [0.05, 0.1) is 12.5 Å². The second-order valence-corrected chi connectivity index (χ2v) is 9.99. The zero-order chi connectivity index (χ0) is 30.0. The fourth-order valence-corrected chi connectivity index (χ4v) is 4.25. The Bertz CT molecular complexity index is 1450. The first-order chi connectivity index (χ1) is 18.9. The van der Waals surface area contributed by atoms with E-state index in [1.54, 1.807) is 43.6 Å². The van der Waals surface area contributed by atoms with Gasteiger partial charge in [-0.05, 0) is 54.3 Å². The molecule has 1 unspecified atom stereocenters. The van der Waals surface area contributed by atoms with E-state index in [9.17, 15) is 23.2 Å². The third-order valence-electron chi connectivity index (χ3n) is 5.69. The van der Waals surface area contributed by atoms with Crippen LogP contribution in [-0.2, 0) is 11.8 Å². The van der Waals surface area contributed by atoms with Crippen molar-refractivity contribution in [2.45, 2.75) is 32.7 Å². The van der Waals surface area contributed by atoms with Crippen LogP contribution in [0.15, 0.2) is 53.5 Å². The molecular weight excluding hydrogens is 563 g/mol. The zero-order valence-electron chi connectivity index (χ0n) is 22.1. The summed E-state index contributed by atoms with van der Waals surface area (Å²) in [7, 11) is 1.63. The Morgan fingerprint density at radius 2 is 1.77 bits per heavy atom. The number of carboxylic acids is 1. The molecule has 2 aromatic carbocycles. The van der Waals surface area contributed by atoms with E-state index in [0.29, 0.717) is 18.0 Å². The van der Waals surface area contributed by atoms with E-state index >= 15 is 0 Å². The van der Waals surface area contributed by atoms with Crippen LogP contribution >= 0.6 is 23.2 Å². The van der Waals surface area contributed by atoms with Crippen LogP contribution in [0.25, 0.3) is 11.1 Å². The maximum atomic E-state index is 14.2. The molecule has 1 amide bonds. The molecule has 7 nitrogen and oxygen atoms in total. The van der Waals surface area contributed by atoms with Gasteiger partial charge in [0.2, 0.25) is 0 Å². The van der Waals surface area contributed by atoms with Crippen LogP contribution in [0.4, 0.5) is 8.78 Å². The quantitative estimate of drug-likeness (QED) is 0.216. The molecule has 3 N–H and O–H groups in total. The lowest BCUT2D eigenvalue weighted by atomic mass is 9.96. The van der Waals surface area contributed by atoms with Gasteiger partial charge in [-0.3, -0.25) is 14.4 Å². The number of aryl methyl sites for hydroxylation is 1. The predicted octanol–water partition coefficient (Wildman–Crippen LogP) is 5.80. The Hall–Kier alpha value is -3.87. The SMILES string of the molecule is C#CNC(CC(=O)O)c1cc(-c2c(Cl)cccc2Cl)cc(F)c1F.CC(C)CCNC(=O)c1cccn(C)c1=O. The molecule has 0 aliphatic carbocycles. The summed E-state index contributed by atoms with van der Waals surface area (Å²) in [6.45, 7) is 4.79. The summed E-state index contributed by atoms with van der Waals surface area (Å²) in [6, 6.07) is 11.1. The fraction of sp³-hybridized carbons (Fsp3) is 0.276. The summed E-state index contributed by atoms with van der Waals surface area (Å²) in [4.78, 5) is 34.2. The van der Waals surface area contributed by atoms with Gasteiger partial charge in [0, 0.05) is 47.0 Å². The summed E-state index contributed by atoms with van der Waals surface area (Å²) in [5, 5.41) is 14.6. The van der Waals surface area contributed by atoms with Gasteiger partial charge in [0.15, 0.2) is 11.6 Å². The third kappa shape index (κ3) is 8.83. The molecule has 0 aliphatic heterocycles. The van der Waals surface area contributed by atoms with Gasteiger partial charge in [-0.1, -0.05) is 49.5 Å². The standard InChI is InChI=1S/C17H11Cl2F2NO2.C12H18N2O2/c1-2-22-14(8-15(23)24)10-6-9(7-13(20)17(10)21)16-11(18)4-3-5-12(16)19;1-9(2)6-7-13-11(15)10-5-4-8-14(3)12(10)16/h1,3-7,14,22H,8H2,(H,23,24);4-5,8-9H,6-7H2,1-3H3,(H,13,15). The van der Waals surface area contributed by atoms with Crippen molar-refractivity contribution in [2.24, 2.45) is 13.0 Å². The van der Waals surface area contributed by atoms with Gasteiger partial charge in [0.25, 0.3) is 11.5 Å². The average Bonchev–Trinajstić information content (AvgIpc) is 2.87. The smallest absolute Gasteiger partial charge is 0.305 e. The number of carbonyl (C=O) groups is 2. The number of nitrogens with one attached hydrogen (secondary N) is 2. The lowest BCUT2D eigenvalue weighted by Gasteiger charge is -2.17. The minimum atomic E-state index is -1.22. The van der Waals surface area contributed by atoms with Crippen molar-refractivity contribution in [1.82, 2.24) is 15.2 Å². The number of carboxylic acid groups (broad SMARTS) is 1. The van der Waals surface area contributed by atoms with Crippen molar-refractivity contribution in [1.29, 1.82) is 0 Å². The zero-order valence-corrected chi connectivity index (χ0v) is 23.6. The first kappa shape index (κ1) is 32.3. The molecule has 1 heterocycles. The molecule has 1 atom stereocenters. The molecule has 212 valence electrons. The number of benzene rings is 2. The highest BCUT2D eigenvalue weighted by atomic mass is 35.5. The second-order valence-electron chi connectivity index (χ2n) is 9.17. The fourth-order valence-electron chi connectivity index (χ4n) is 3.64. The minimum absolute atomic E-state index is 0.203. The van der Waals surface area contributed by atoms with Crippen LogP contribution < -0.4 is 16.2 Å². The summed E-state index contributed by atoms with van der Waals surface area (Å²) in [6.07, 6.45) is 7.14. The minimum Gasteiger partial charge on any atom is -0.481 e. The van der Waals surface area contributed by atoms with Gasteiger partial charge in [-0.2, -0.15) is 0 Å². The van der Waals surface area contributed by atoms with Crippen LogP contribution in [-0.4, -0.2) is 28.1 Å². The van der Waals surface area contributed by atoms with E-state index < -0.39 is 30.1 Å². The first-order valence-electron chi connectivity index (χ1n) is 12.2. The van der Waals surface area contributed by atoms with E-state index in [2.05, 4.69) is 24.5 Å². The Balaban J connectivity index is 0.000000305. The highest BCUT2D eigenvalue weighted by Crippen LogP contribution is 2.37. The number of pyridine rings is 1. The Morgan fingerprint density at radius 1 is 1.12 bits per heavy atom. The van der Waals surface area contributed by atoms with Gasteiger partial charge in [-0.25, -0.2) is 8.78 Å².